The predicted octanol–water partition coefficient (Wildman–Crippen LogP) is 8.27. The second-order valence-corrected chi connectivity index (χ2v) is 11.8. The molecule has 0 unspecified atom stereocenters. The number of alkyl halides is 3. The summed E-state index contributed by atoms with van der Waals surface area (Å²) in [6, 6.07) is 15.5. The minimum atomic E-state index is -4.50. The summed E-state index contributed by atoms with van der Waals surface area (Å²) in [5.41, 5.74) is 0.517. The average molecular weight is 646 g/mol. The van der Waals surface area contributed by atoms with Gasteiger partial charge in [0, 0.05) is 41.6 Å². The molecule has 1 aliphatic carbocycles. The van der Waals surface area contributed by atoms with Crippen LogP contribution in [-0.2, 0) is 24.1 Å². The molecule has 0 saturated heterocycles. The molecule has 1 aliphatic rings. The molecule has 232 valence electrons. The Morgan fingerprint density at radius 3 is 2.43 bits per heavy atom. The first-order valence-electron chi connectivity index (χ1n) is 14.5. The van der Waals surface area contributed by atoms with Gasteiger partial charge in [0.25, 0.3) is 0 Å². The molecule has 0 spiro atoms. The van der Waals surface area contributed by atoms with Gasteiger partial charge in [0.2, 0.25) is 11.9 Å². The lowest BCUT2D eigenvalue weighted by atomic mass is 9.84. The molecule has 2 heterocycles. The zero-order valence-electron chi connectivity index (χ0n) is 23.9. The van der Waals surface area contributed by atoms with E-state index in [4.69, 9.17) is 23.2 Å². The van der Waals surface area contributed by atoms with E-state index in [1.54, 1.807) is 12.1 Å². The first-order chi connectivity index (χ1) is 21.1. The fourth-order valence-corrected chi connectivity index (χ4v) is 5.83. The number of hydrogen-bond donors (Lipinski definition) is 3. The first-order valence-corrected chi connectivity index (χ1v) is 15.3. The number of benzene rings is 2. The van der Waals surface area contributed by atoms with Crippen LogP contribution in [0.5, 0.6) is 0 Å². The molecule has 0 bridgehead atoms. The Labute approximate surface area is 264 Å². The van der Waals surface area contributed by atoms with Crippen molar-refractivity contribution in [2.45, 2.75) is 63.8 Å². The number of amides is 1. The molecule has 0 radical (unpaired) electrons. The van der Waals surface area contributed by atoms with Crippen LogP contribution in [0.25, 0.3) is 5.82 Å². The number of carbonyl (C=O) groups excluding carboxylic acids is 1. The van der Waals surface area contributed by atoms with Crippen molar-refractivity contribution in [2.24, 2.45) is 5.92 Å². The Morgan fingerprint density at radius 1 is 0.955 bits per heavy atom. The smallest absolute Gasteiger partial charge is 0.358 e. The Balaban J connectivity index is 1.36. The van der Waals surface area contributed by atoms with E-state index in [1.807, 2.05) is 47.3 Å². The fraction of sp³-hybridized carbons (Fsp3) is 0.344. The molecule has 1 amide bonds. The molecule has 5 rings (SSSR count). The van der Waals surface area contributed by atoms with Crippen LogP contribution in [0, 0.1) is 5.92 Å². The number of hydrogen-bond acceptors (Lipinski definition) is 5. The van der Waals surface area contributed by atoms with E-state index in [1.165, 1.54) is 12.5 Å². The fourth-order valence-electron chi connectivity index (χ4n) is 5.37. The van der Waals surface area contributed by atoms with Gasteiger partial charge in [-0.25, -0.2) is 0 Å². The molecule has 1 saturated carbocycles. The number of halogens is 5. The van der Waals surface area contributed by atoms with E-state index in [9.17, 15) is 18.0 Å². The van der Waals surface area contributed by atoms with Crippen LogP contribution in [0.3, 0.4) is 0 Å². The summed E-state index contributed by atoms with van der Waals surface area (Å²) in [5.74, 6) is 1.50. The third-order valence-corrected chi connectivity index (χ3v) is 8.27. The van der Waals surface area contributed by atoms with Crippen LogP contribution >= 0.6 is 23.2 Å². The highest BCUT2D eigenvalue weighted by Crippen LogP contribution is 2.32. The van der Waals surface area contributed by atoms with Crippen molar-refractivity contribution in [1.82, 2.24) is 19.9 Å². The van der Waals surface area contributed by atoms with Crippen LogP contribution in [0.1, 0.15) is 55.2 Å². The van der Waals surface area contributed by atoms with Crippen molar-refractivity contribution in [1.29, 1.82) is 0 Å². The lowest BCUT2D eigenvalue weighted by molar-refractivity contribution is -0.137. The summed E-state index contributed by atoms with van der Waals surface area (Å²) >= 11 is 12.3. The number of aromatic nitrogens is 3. The van der Waals surface area contributed by atoms with Crippen LogP contribution in [0.15, 0.2) is 73.1 Å². The molecule has 3 N–H and O–H groups in total. The summed E-state index contributed by atoms with van der Waals surface area (Å²) in [5, 5.41) is 10.0. The highest BCUT2D eigenvalue weighted by molar-refractivity contribution is 6.31. The summed E-state index contributed by atoms with van der Waals surface area (Å²) < 4.78 is 41.1. The molecule has 0 aliphatic heterocycles. The zero-order valence-corrected chi connectivity index (χ0v) is 25.4. The lowest BCUT2D eigenvalue weighted by Crippen LogP contribution is -2.41. The Bertz CT molecular complexity index is 1560. The average Bonchev–Trinajstić information content (AvgIpc) is 3.54. The van der Waals surface area contributed by atoms with Gasteiger partial charge in [0.1, 0.15) is 17.7 Å². The van der Waals surface area contributed by atoms with E-state index >= 15 is 0 Å². The maximum absolute atomic E-state index is 13.6. The summed E-state index contributed by atoms with van der Waals surface area (Å²) in [4.78, 5) is 22.9. The SMILES string of the molecule is O=C(NCc1ccc(C(F)(F)F)cc1Cl)[C@@H](CC1CCCCC1)Nc1cc(-n2cccc2)nc(NCc2cccc(Cl)c2)n1. The number of carbonyl (C=O) groups is 1. The van der Waals surface area contributed by atoms with E-state index < -0.39 is 17.8 Å². The summed E-state index contributed by atoms with van der Waals surface area (Å²) in [6.45, 7) is 0.429. The van der Waals surface area contributed by atoms with Gasteiger partial charge in [-0.05, 0) is 59.9 Å². The van der Waals surface area contributed by atoms with Crippen molar-refractivity contribution in [3.8, 4) is 5.82 Å². The van der Waals surface area contributed by atoms with Crippen LogP contribution in [-0.4, -0.2) is 26.5 Å². The standard InChI is InChI=1S/C32H33Cl2F3N6O/c33-25-10-6-9-22(15-25)19-39-31-41-28(18-29(42-31)43-13-4-5-14-43)40-27(16-21-7-2-1-3-8-21)30(44)38-20-23-11-12-24(17-26(23)34)32(35,36)37/h4-6,9-15,17-18,21,27H,1-3,7-8,16,19-20H2,(H,38,44)(H2,39,40,41,42)/t27-/m1/s1. The molecular formula is C32H33Cl2F3N6O. The topological polar surface area (TPSA) is 83.9 Å². The van der Waals surface area contributed by atoms with Crippen LogP contribution < -0.4 is 16.0 Å². The van der Waals surface area contributed by atoms with E-state index in [0.29, 0.717) is 47.1 Å². The zero-order chi connectivity index (χ0) is 31.1. The summed E-state index contributed by atoms with van der Waals surface area (Å²) in [7, 11) is 0. The molecule has 44 heavy (non-hydrogen) atoms. The largest absolute Gasteiger partial charge is 0.416 e. The summed E-state index contributed by atoms with van der Waals surface area (Å²) in [6.07, 6.45) is 5.29. The van der Waals surface area contributed by atoms with Crippen molar-refractivity contribution in [2.75, 3.05) is 10.6 Å². The molecular weight excluding hydrogens is 612 g/mol. The van der Waals surface area contributed by atoms with Gasteiger partial charge in [-0.1, -0.05) is 73.5 Å². The maximum Gasteiger partial charge on any atom is 0.416 e. The Hall–Kier alpha value is -3.76. The van der Waals surface area contributed by atoms with Gasteiger partial charge in [0.15, 0.2) is 0 Å². The van der Waals surface area contributed by atoms with Gasteiger partial charge in [-0.3, -0.25) is 4.79 Å². The Kier molecular flexibility index (Phi) is 10.3. The third-order valence-electron chi connectivity index (χ3n) is 7.69. The minimum Gasteiger partial charge on any atom is -0.358 e. The predicted molar refractivity (Wildman–Crippen MR) is 167 cm³/mol. The van der Waals surface area contributed by atoms with Gasteiger partial charge in [0.05, 0.1) is 5.56 Å². The van der Waals surface area contributed by atoms with E-state index in [-0.39, 0.29) is 17.5 Å². The van der Waals surface area contributed by atoms with Crippen molar-refractivity contribution in [3.05, 3.63) is 99.8 Å². The normalized spacial score (nSPS) is 14.7. The van der Waals surface area contributed by atoms with Crippen LogP contribution in [0.2, 0.25) is 10.0 Å². The lowest BCUT2D eigenvalue weighted by Gasteiger charge is -2.27. The van der Waals surface area contributed by atoms with Gasteiger partial charge < -0.3 is 20.5 Å². The van der Waals surface area contributed by atoms with Gasteiger partial charge >= 0.3 is 6.18 Å². The molecule has 12 heteroatoms. The number of nitrogens with zero attached hydrogens (tertiary/aromatic N) is 3. The van der Waals surface area contributed by atoms with Crippen molar-refractivity contribution >= 4 is 40.9 Å². The quantitative estimate of drug-likeness (QED) is 0.153. The van der Waals surface area contributed by atoms with Crippen molar-refractivity contribution in [3.63, 3.8) is 0 Å². The number of nitrogens with one attached hydrogen (secondary N) is 3. The number of anilines is 2. The third kappa shape index (κ3) is 8.66. The van der Waals surface area contributed by atoms with Crippen molar-refractivity contribution < 1.29 is 18.0 Å². The van der Waals surface area contributed by atoms with Gasteiger partial charge in [-0.2, -0.15) is 23.1 Å². The maximum atomic E-state index is 13.6. The first kappa shape index (κ1) is 31.7. The molecule has 1 fully saturated rings. The van der Waals surface area contributed by atoms with E-state index in [0.717, 1.165) is 43.4 Å². The molecule has 4 aromatic rings. The molecule has 7 nitrogen and oxygen atoms in total. The second-order valence-electron chi connectivity index (χ2n) is 11.0. The molecule has 2 aromatic heterocycles. The van der Waals surface area contributed by atoms with Gasteiger partial charge in [-0.15, -0.1) is 0 Å². The molecule has 2 aromatic carbocycles. The highest BCUT2D eigenvalue weighted by Gasteiger charge is 2.31. The monoisotopic (exact) mass is 644 g/mol. The Morgan fingerprint density at radius 2 is 1.73 bits per heavy atom. The van der Waals surface area contributed by atoms with Crippen LogP contribution in [0.4, 0.5) is 24.9 Å². The second kappa shape index (κ2) is 14.3. The van der Waals surface area contributed by atoms with E-state index in [2.05, 4.69) is 25.9 Å². The minimum absolute atomic E-state index is 0.0104. The number of rotatable bonds is 11. The molecule has 1 atom stereocenters. The highest BCUT2D eigenvalue weighted by atomic mass is 35.5.